The molecule has 0 saturated carbocycles. The summed E-state index contributed by atoms with van der Waals surface area (Å²) in [6, 6.07) is 2.18. The summed E-state index contributed by atoms with van der Waals surface area (Å²) in [6.45, 7) is 0. The molecule has 1 fully saturated rings. The molecule has 1 atom stereocenters. The molecule has 0 aliphatic carbocycles. The van der Waals surface area contributed by atoms with Gasteiger partial charge >= 0.3 is 6.18 Å². The average molecular weight is 386 g/mol. The minimum atomic E-state index is -4.55. The van der Waals surface area contributed by atoms with E-state index in [1.165, 1.54) is 0 Å². The molecule has 1 amide bonds. The molecule has 2 rings (SSSR count). The van der Waals surface area contributed by atoms with Crippen molar-refractivity contribution < 1.29 is 26.4 Å². The van der Waals surface area contributed by atoms with Crippen LogP contribution in [-0.2, 0) is 16.0 Å². The lowest BCUT2D eigenvalue weighted by Gasteiger charge is -2.13. The highest BCUT2D eigenvalue weighted by molar-refractivity contribution is 9.10. The number of carbonyl (C=O) groups excluding carboxylic acids is 1. The van der Waals surface area contributed by atoms with E-state index in [2.05, 4.69) is 21.2 Å². The molecular formula is C12H11BrF3NO3S. The van der Waals surface area contributed by atoms with Crippen LogP contribution in [-0.4, -0.2) is 31.9 Å². The van der Waals surface area contributed by atoms with Crippen molar-refractivity contribution in [2.24, 2.45) is 0 Å². The molecule has 0 aromatic heterocycles. The number of hydrogen-bond acceptors (Lipinski definition) is 3. The zero-order chi connectivity index (χ0) is 15.8. The molecule has 1 aliphatic rings. The molecule has 1 unspecified atom stereocenters. The second-order valence-electron chi connectivity index (χ2n) is 4.77. The Balaban J connectivity index is 2.19. The number of benzene rings is 1. The fourth-order valence-electron chi connectivity index (χ4n) is 2.05. The smallest absolute Gasteiger partial charge is 0.348 e. The van der Waals surface area contributed by atoms with Gasteiger partial charge in [0.2, 0.25) is 0 Å². The van der Waals surface area contributed by atoms with Gasteiger partial charge in [0.25, 0.3) is 5.91 Å². The number of sulfone groups is 1. The van der Waals surface area contributed by atoms with Gasteiger partial charge in [-0.1, -0.05) is 0 Å². The third kappa shape index (κ3) is 3.97. The molecule has 1 saturated heterocycles. The number of hydrogen-bond donors (Lipinski definition) is 1. The van der Waals surface area contributed by atoms with Gasteiger partial charge in [-0.25, -0.2) is 8.42 Å². The molecule has 0 spiro atoms. The first-order valence-corrected chi connectivity index (χ1v) is 8.58. The van der Waals surface area contributed by atoms with Crippen LogP contribution in [0.25, 0.3) is 0 Å². The van der Waals surface area contributed by atoms with Gasteiger partial charge in [-0.2, -0.15) is 13.2 Å². The maximum atomic E-state index is 12.6. The normalized spacial score (nSPS) is 21.2. The molecule has 1 aromatic carbocycles. The summed E-state index contributed by atoms with van der Waals surface area (Å²) in [5.41, 5.74) is -1.11. The molecule has 116 valence electrons. The van der Waals surface area contributed by atoms with Gasteiger partial charge in [-0.15, -0.1) is 0 Å². The van der Waals surface area contributed by atoms with Crippen LogP contribution in [0.4, 0.5) is 13.2 Å². The van der Waals surface area contributed by atoms with E-state index in [1.54, 1.807) is 0 Å². The Morgan fingerprint density at radius 2 is 2.00 bits per heavy atom. The maximum absolute atomic E-state index is 12.6. The summed E-state index contributed by atoms with van der Waals surface area (Å²) in [5.74, 6) is -0.938. The highest BCUT2D eigenvalue weighted by Crippen LogP contribution is 2.32. The lowest BCUT2D eigenvalue weighted by atomic mass is 10.1. The Morgan fingerprint density at radius 3 is 2.52 bits per heavy atom. The van der Waals surface area contributed by atoms with E-state index in [4.69, 9.17) is 0 Å². The van der Waals surface area contributed by atoms with Gasteiger partial charge in [-0.3, -0.25) is 4.79 Å². The van der Waals surface area contributed by atoms with E-state index in [0.717, 1.165) is 18.2 Å². The number of carbonyl (C=O) groups is 1. The average Bonchev–Trinajstić information content (AvgIpc) is 2.67. The molecule has 1 aromatic rings. The van der Waals surface area contributed by atoms with E-state index < -0.39 is 33.5 Å². The number of nitrogens with one attached hydrogen (secondary N) is 1. The van der Waals surface area contributed by atoms with Crippen molar-refractivity contribution in [3.63, 3.8) is 0 Å². The van der Waals surface area contributed by atoms with Crippen molar-refractivity contribution in [1.29, 1.82) is 0 Å². The lowest BCUT2D eigenvalue weighted by molar-refractivity contribution is -0.137. The number of amides is 1. The van der Waals surface area contributed by atoms with Crippen molar-refractivity contribution in [2.45, 2.75) is 18.6 Å². The van der Waals surface area contributed by atoms with Gasteiger partial charge in [0.1, 0.15) is 0 Å². The summed E-state index contributed by atoms with van der Waals surface area (Å²) >= 11 is 3.02. The lowest BCUT2D eigenvalue weighted by Crippen LogP contribution is -2.35. The van der Waals surface area contributed by atoms with Crippen LogP contribution in [0.5, 0.6) is 0 Å². The van der Waals surface area contributed by atoms with Crippen LogP contribution in [0.2, 0.25) is 0 Å². The third-order valence-corrected chi connectivity index (χ3v) is 5.57. The Hall–Kier alpha value is -1.09. The topological polar surface area (TPSA) is 63.2 Å². The van der Waals surface area contributed by atoms with Gasteiger partial charge in [-0.05, 0) is 40.5 Å². The van der Waals surface area contributed by atoms with Crippen LogP contribution < -0.4 is 5.32 Å². The van der Waals surface area contributed by atoms with Crippen LogP contribution in [0.15, 0.2) is 22.7 Å². The highest BCUT2D eigenvalue weighted by Gasteiger charge is 2.33. The summed E-state index contributed by atoms with van der Waals surface area (Å²) in [7, 11) is -3.17. The van der Waals surface area contributed by atoms with Crippen molar-refractivity contribution in [2.75, 3.05) is 11.5 Å². The fraction of sp³-hybridized carbons (Fsp3) is 0.417. The van der Waals surface area contributed by atoms with Crippen LogP contribution in [0.1, 0.15) is 22.3 Å². The molecule has 9 heteroatoms. The molecule has 21 heavy (non-hydrogen) atoms. The molecule has 0 bridgehead atoms. The Bertz CT molecular complexity index is 673. The number of rotatable bonds is 2. The van der Waals surface area contributed by atoms with Crippen molar-refractivity contribution >= 4 is 31.7 Å². The predicted octanol–water partition coefficient (Wildman–Crippen LogP) is 2.38. The maximum Gasteiger partial charge on any atom is 0.416 e. The zero-order valence-corrected chi connectivity index (χ0v) is 13.0. The summed E-state index contributed by atoms with van der Waals surface area (Å²) in [6.07, 6.45) is -4.28. The minimum Gasteiger partial charge on any atom is -0.348 e. The summed E-state index contributed by atoms with van der Waals surface area (Å²) in [5, 5.41) is 2.45. The summed E-state index contributed by atoms with van der Waals surface area (Å²) in [4.78, 5) is 12.0. The molecular weight excluding hydrogens is 375 g/mol. The number of halogens is 4. The predicted molar refractivity (Wildman–Crippen MR) is 73.7 cm³/mol. The van der Waals surface area contributed by atoms with Crippen molar-refractivity contribution in [1.82, 2.24) is 5.32 Å². The van der Waals surface area contributed by atoms with Gasteiger partial charge in [0, 0.05) is 10.5 Å². The quantitative estimate of drug-likeness (QED) is 0.849. The minimum absolute atomic E-state index is 0.0261. The molecule has 1 aliphatic heterocycles. The molecule has 1 heterocycles. The second-order valence-corrected chi connectivity index (χ2v) is 7.85. The Morgan fingerprint density at radius 1 is 1.33 bits per heavy atom. The first-order valence-electron chi connectivity index (χ1n) is 5.96. The third-order valence-electron chi connectivity index (χ3n) is 3.11. The highest BCUT2D eigenvalue weighted by atomic mass is 79.9. The van der Waals surface area contributed by atoms with Crippen LogP contribution >= 0.6 is 15.9 Å². The molecule has 1 N–H and O–H groups in total. The SMILES string of the molecule is O=C(NC1CCS(=O)(=O)C1)c1cc(C(F)(F)F)ccc1Br. The first kappa shape index (κ1) is 16.3. The van der Waals surface area contributed by atoms with Crippen molar-refractivity contribution in [3.05, 3.63) is 33.8 Å². The second kappa shape index (κ2) is 5.60. The monoisotopic (exact) mass is 385 g/mol. The Kier molecular flexibility index (Phi) is 4.34. The first-order chi connectivity index (χ1) is 9.58. The summed E-state index contributed by atoms with van der Waals surface area (Å²) < 4.78 is 60.8. The van der Waals surface area contributed by atoms with Gasteiger partial charge in [0.05, 0.1) is 22.6 Å². The van der Waals surface area contributed by atoms with Gasteiger partial charge < -0.3 is 5.32 Å². The van der Waals surface area contributed by atoms with Crippen LogP contribution in [0, 0.1) is 0 Å². The standard InChI is InChI=1S/C12H11BrF3NO3S/c13-10-2-1-7(12(14,15)16)5-9(10)11(18)17-8-3-4-21(19,20)6-8/h1-2,5,8H,3-4,6H2,(H,17,18). The molecule has 0 radical (unpaired) electrons. The number of alkyl halides is 3. The van der Waals surface area contributed by atoms with Gasteiger partial charge in [0.15, 0.2) is 9.84 Å². The van der Waals surface area contributed by atoms with Crippen molar-refractivity contribution in [3.8, 4) is 0 Å². The fourth-order valence-corrected chi connectivity index (χ4v) is 4.15. The van der Waals surface area contributed by atoms with E-state index in [1.807, 2.05) is 0 Å². The molecule has 4 nitrogen and oxygen atoms in total. The van der Waals surface area contributed by atoms with E-state index in [-0.39, 0.29) is 28.0 Å². The van der Waals surface area contributed by atoms with Crippen LogP contribution in [0.3, 0.4) is 0 Å². The zero-order valence-electron chi connectivity index (χ0n) is 10.6. The largest absolute Gasteiger partial charge is 0.416 e. The van der Waals surface area contributed by atoms with E-state index >= 15 is 0 Å². The van der Waals surface area contributed by atoms with E-state index in [9.17, 15) is 26.4 Å². The Labute approximate surface area is 127 Å². The van der Waals surface area contributed by atoms with E-state index in [0.29, 0.717) is 0 Å².